The lowest BCUT2D eigenvalue weighted by molar-refractivity contribution is -0.119. The molecule has 0 aliphatic rings. The zero-order valence-electron chi connectivity index (χ0n) is 9.74. The third kappa shape index (κ3) is 3.90. The van der Waals surface area contributed by atoms with Crippen LogP contribution in [0.1, 0.15) is 23.7 Å². The number of pyridine rings is 1. The maximum absolute atomic E-state index is 12.4. The van der Waals surface area contributed by atoms with Crippen LogP contribution >= 0.6 is 0 Å². The van der Waals surface area contributed by atoms with Crippen LogP contribution in [0.4, 0.5) is 18.9 Å². The lowest BCUT2D eigenvalue weighted by Gasteiger charge is -2.26. The molecule has 7 heteroatoms. The van der Waals surface area contributed by atoms with Crippen molar-refractivity contribution in [3.8, 4) is 0 Å². The predicted molar refractivity (Wildman–Crippen MR) is 59.8 cm³/mol. The second-order valence-corrected chi connectivity index (χ2v) is 3.73. The van der Waals surface area contributed by atoms with E-state index in [0.29, 0.717) is 6.42 Å². The number of hydrogen-bond acceptors (Lipinski definition) is 3. The van der Waals surface area contributed by atoms with Crippen LogP contribution in [-0.4, -0.2) is 35.3 Å². The van der Waals surface area contributed by atoms with Gasteiger partial charge in [0.2, 0.25) is 0 Å². The van der Waals surface area contributed by atoms with E-state index in [9.17, 15) is 18.0 Å². The van der Waals surface area contributed by atoms with E-state index in [2.05, 4.69) is 4.98 Å². The molecule has 18 heavy (non-hydrogen) atoms. The lowest BCUT2D eigenvalue weighted by atomic mass is 10.2. The summed E-state index contributed by atoms with van der Waals surface area (Å²) in [5.41, 5.74) is -0.188. The normalized spacial score (nSPS) is 11.3. The summed E-state index contributed by atoms with van der Waals surface area (Å²) in [4.78, 5) is 15.6. The number of aromatic nitrogens is 1. The van der Waals surface area contributed by atoms with Gasteiger partial charge in [-0.2, -0.15) is 13.2 Å². The van der Waals surface area contributed by atoms with Crippen molar-refractivity contribution < 1.29 is 23.1 Å². The number of alkyl halides is 3. The van der Waals surface area contributed by atoms with Crippen LogP contribution in [0.3, 0.4) is 0 Å². The first-order valence-corrected chi connectivity index (χ1v) is 5.34. The number of halogens is 3. The molecule has 0 saturated carbocycles. The molecule has 0 saturated heterocycles. The highest BCUT2D eigenvalue weighted by Crippen LogP contribution is 2.25. The molecular weight excluding hydrogens is 249 g/mol. The first-order chi connectivity index (χ1) is 8.35. The molecule has 100 valence electrons. The van der Waals surface area contributed by atoms with Crippen LogP contribution < -0.4 is 4.90 Å². The number of carbonyl (C=O) groups is 1. The van der Waals surface area contributed by atoms with Gasteiger partial charge in [-0.25, -0.2) is 4.79 Å². The van der Waals surface area contributed by atoms with Crippen molar-refractivity contribution >= 4 is 11.7 Å². The van der Waals surface area contributed by atoms with Gasteiger partial charge < -0.3 is 10.0 Å². The van der Waals surface area contributed by atoms with Crippen LogP contribution in [-0.2, 0) is 0 Å². The Morgan fingerprint density at radius 3 is 2.67 bits per heavy atom. The molecule has 1 N–H and O–H groups in total. The fourth-order valence-electron chi connectivity index (χ4n) is 1.60. The largest absolute Gasteiger partial charge is 0.478 e. The van der Waals surface area contributed by atoms with Crippen molar-refractivity contribution in [1.29, 1.82) is 0 Å². The summed E-state index contributed by atoms with van der Waals surface area (Å²) in [5, 5.41) is 8.93. The van der Waals surface area contributed by atoms with Gasteiger partial charge in [-0.15, -0.1) is 0 Å². The fourth-order valence-corrected chi connectivity index (χ4v) is 1.60. The van der Waals surface area contributed by atoms with E-state index >= 15 is 0 Å². The maximum Gasteiger partial charge on any atom is 0.405 e. The van der Waals surface area contributed by atoms with E-state index in [1.54, 1.807) is 6.92 Å². The van der Waals surface area contributed by atoms with Crippen molar-refractivity contribution in [2.45, 2.75) is 19.5 Å². The molecule has 0 aliphatic heterocycles. The van der Waals surface area contributed by atoms with Gasteiger partial charge in [-0.3, -0.25) is 4.98 Å². The lowest BCUT2D eigenvalue weighted by Crippen LogP contribution is -2.35. The van der Waals surface area contributed by atoms with E-state index in [1.807, 2.05) is 0 Å². The van der Waals surface area contributed by atoms with Gasteiger partial charge in [0, 0.05) is 18.9 Å². The van der Waals surface area contributed by atoms with Gasteiger partial charge in [-0.1, -0.05) is 6.92 Å². The number of carboxylic acids is 1. The number of nitrogens with zero attached hydrogens (tertiary/aromatic N) is 2. The first-order valence-electron chi connectivity index (χ1n) is 5.34. The minimum absolute atomic E-state index is 0.0386. The second-order valence-electron chi connectivity index (χ2n) is 3.73. The zero-order chi connectivity index (χ0) is 13.8. The van der Waals surface area contributed by atoms with Gasteiger partial charge >= 0.3 is 12.1 Å². The molecule has 1 heterocycles. The molecule has 1 rings (SSSR count). The number of anilines is 1. The third-order valence-corrected chi connectivity index (χ3v) is 2.23. The Bertz CT molecular complexity index is 421. The van der Waals surface area contributed by atoms with Gasteiger partial charge in [-0.05, 0) is 12.5 Å². The topological polar surface area (TPSA) is 53.4 Å². The summed E-state index contributed by atoms with van der Waals surface area (Å²) in [5.74, 6) is -1.29. The van der Waals surface area contributed by atoms with Crippen molar-refractivity contribution in [2.75, 3.05) is 18.0 Å². The van der Waals surface area contributed by atoms with Crippen molar-refractivity contribution in [1.82, 2.24) is 4.98 Å². The first kappa shape index (κ1) is 14.3. The van der Waals surface area contributed by atoms with Crippen LogP contribution in [0.25, 0.3) is 0 Å². The van der Waals surface area contributed by atoms with Crippen molar-refractivity contribution in [3.63, 3.8) is 0 Å². The Balaban J connectivity index is 3.09. The molecule has 0 atom stereocenters. The number of rotatable bonds is 5. The smallest absolute Gasteiger partial charge is 0.405 e. The summed E-state index contributed by atoms with van der Waals surface area (Å²) in [7, 11) is 0. The quantitative estimate of drug-likeness (QED) is 0.886. The maximum atomic E-state index is 12.4. The molecule has 4 nitrogen and oxygen atoms in total. The predicted octanol–water partition coefficient (Wildman–Crippen LogP) is 2.56. The summed E-state index contributed by atoms with van der Waals surface area (Å²) in [6, 6.07) is 1.28. The minimum Gasteiger partial charge on any atom is -0.478 e. The highest BCUT2D eigenvalue weighted by Gasteiger charge is 2.31. The average Bonchev–Trinajstić information content (AvgIpc) is 2.26. The van der Waals surface area contributed by atoms with Crippen molar-refractivity contribution in [2.24, 2.45) is 0 Å². The van der Waals surface area contributed by atoms with E-state index in [-0.39, 0.29) is 17.8 Å². The molecule has 0 unspecified atom stereocenters. The Kier molecular flexibility index (Phi) is 4.52. The van der Waals surface area contributed by atoms with Gasteiger partial charge in [0.1, 0.15) is 12.1 Å². The summed E-state index contributed by atoms with van der Waals surface area (Å²) in [6.07, 6.45) is -1.57. The van der Waals surface area contributed by atoms with Crippen LogP contribution in [0.15, 0.2) is 18.5 Å². The molecule has 0 spiro atoms. The number of carboxylic acid groups (broad SMARTS) is 1. The van der Waals surface area contributed by atoms with Gasteiger partial charge in [0.25, 0.3) is 0 Å². The Morgan fingerprint density at radius 2 is 2.17 bits per heavy atom. The minimum atomic E-state index is -4.38. The SMILES string of the molecule is CCCN(CC(F)(F)F)c1ccncc1C(=O)O. The fraction of sp³-hybridized carbons (Fsp3) is 0.455. The average molecular weight is 262 g/mol. The second kappa shape index (κ2) is 5.70. The Hall–Kier alpha value is -1.79. The van der Waals surface area contributed by atoms with Gasteiger partial charge in [0.05, 0.1) is 5.69 Å². The highest BCUT2D eigenvalue weighted by molar-refractivity contribution is 5.94. The van der Waals surface area contributed by atoms with Crippen LogP contribution in [0, 0.1) is 0 Å². The standard InChI is InChI=1S/C11H13F3N2O2/c1-2-5-16(7-11(12,13)14)9-3-4-15-6-8(9)10(17)18/h3-4,6H,2,5,7H2,1H3,(H,17,18). The van der Waals surface area contributed by atoms with E-state index < -0.39 is 18.7 Å². The molecule has 0 fully saturated rings. The number of aromatic carboxylic acids is 1. The van der Waals surface area contributed by atoms with Gasteiger partial charge in [0.15, 0.2) is 0 Å². The molecule has 0 aliphatic carbocycles. The van der Waals surface area contributed by atoms with E-state index in [0.717, 1.165) is 11.1 Å². The summed E-state index contributed by atoms with van der Waals surface area (Å²) in [6.45, 7) is 0.680. The monoisotopic (exact) mass is 262 g/mol. The molecule has 0 aromatic carbocycles. The van der Waals surface area contributed by atoms with Crippen LogP contribution in [0.2, 0.25) is 0 Å². The molecule has 0 amide bonds. The molecule has 1 aromatic rings. The van der Waals surface area contributed by atoms with Crippen molar-refractivity contribution in [3.05, 3.63) is 24.0 Å². The zero-order valence-corrected chi connectivity index (χ0v) is 9.74. The Morgan fingerprint density at radius 1 is 1.50 bits per heavy atom. The highest BCUT2D eigenvalue weighted by atomic mass is 19.4. The summed E-state index contributed by atoms with van der Waals surface area (Å²) < 4.78 is 37.3. The molecule has 0 radical (unpaired) electrons. The third-order valence-electron chi connectivity index (χ3n) is 2.23. The molecule has 0 bridgehead atoms. The number of hydrogen-bond donors (Lipinski definition) is 1. The molecule has 1 aromatic heterocycles. The van der Waals surface area contributed by atoms with E-state index in [1.165, 1.54) is 12.3 Å². The van der Waals surface area contributed by atoms with Crippen LogP contribution in [0.5, 0.6) is 0 Å². The summed E-state index contributed by atoms with van der Waals surface area (Å²) >= 11 is 0. The Labute approximate surface area is 102 Å². The molecular formula is C11H13F3N2O2. The van der Waals surface area contributed by atoms with E-state index in [4.69, 9.17) is 5.11 Å².